The van der Waals surface area contributed by atoms with E-state index in [9.17, 15) is 18.0 Å². The summed E-state index contributed by atoms with van der Waals surface area (Å²) >= 11 is 0. The Morgan fingerprint density at radius 2 is 2.14 bits per heavy atom. The summed E-state index contributed by atoms with van der Waals surface area (Å²) in [5.74, 6) is 0. The maximum atomic E-state index is 12.4. The number of nitrogens with zero attached hydrogens (tertiary/aromatic N) is 1. The smallest absolute Gasteiger partial charge is 0.366 e. The fourth-order valence-electron chi connectivity index (χ4n) is 1.37. The molecule has 7 heteroatoms. The van der Waals surface area contributed by atoms with Crippen molar-refractivity contribution in [3.63, 3.8) is 0 Å². The summed E-state index contributed by atoms with van der Waals surface area (Å²) in [5.41, 5.74) is 0.204. The average molecular weight is 205 g/mol. The minimum absolute atomic E-state index is 0.192. The van der Waals surface area contributed by atoms with E-state index in [1.165, 1.54) is 18.4 Å². The van der Waals surface area contributed by atoms with E-state index >= 15 is 0 Å². The minimum Gasteiger partial charge on any atom is -0.366 e. The summed E-state index contributed by atoms with van der Waals surface area (Å²) < 4.78 is 37.1. The number of fused-ring (bicyclic) bond motifs is 1. The average Bonchev–Trinajstić information content (AvgIpc) is 2.38. The third kappa shape index (κ3) is 1.21. The van der Waals surface area contributed by atoms with Crippen molar-refractivity contribution in [3.05, 3.63) is 24.0 Å². The van der Waals surface area contributed by atoms with Crippen LogP contribution in [0, 0.1) is 0 Å². The van der Waals surface area contributed by atoms with Crippen molar-refractivity contribution < 1.29 is 18.0 Å². The van der Waals surface area contributed by atoms with Crippen molar-refractivity contribution in [1.29, 1.82) is 0 Å². The maximum absolute atomic E-state index is 12.4. The van der Waals surface area contributed by atoms with Crippen LogP contribution in [0.4, 0.5) is 18.0 Å². The molecule has 1 unspecified atom stereocenters. The van der Waals surface area contributed by atoms with Crippen LogP contribution in [0.5, 0.6) is 0 Å². The predicted octanol–water partition coefficient (Wildman–Crippen LogP) is 0.858. The molecule has 14 heavy (non-hydrogen) atoms. The van der Waals surface area contributed by atoms with E-state index in [1.807, 2.05) is 0 Å². The first-order valence-electron chi connectivity index (χ1n) is 3.80. The third-order valence-electron chi connectivity index (χ3n) is 1.92. The number of rotatable bonds is 0. The number of alkyl halides is 3. The van der Waals surface area contributed by atoms with Crippen LogP contribution >= 0.6 is 0 Å². The number of halogens is 3. The molecule has 0 bridgehead atoms. The van der Waals surface area contributed by atoms with Crippen molar-refractivity contribution in [2.75, 3.05) is 0 Å². The summed E-state index contributed by atoms with van der Waals surface area (Å²) in [4.78, 5) is 10.8. The van der Waals surface area contributed by atoms with Crippen LogP contribution in [0.15, 0.2) is 24.0 Å². The highest BCUT2D eigenvalue weighted by Crippen LogP contribution is 2.29. The summed E-state index contributed by atoms with van der Waals surface area (Å²) in [6.07, 6.45) is -1.54. The number of hydrogen-bond acceptors (Lipinski definition) is 2. The highest BCUT2D eigenvalue weighted by Gasteiger charge is 2.51. The second kappa shape index (κ2) is 2.66. The molecule has 0 aliphatic carbocycles. The van der Waals surface area contributed by atoms with Crippen molar-refractivity contribution in [2.45, 2.75) is 12.5 Å². The quantitative estimate of drug-likeness (QED) is 0.576. The Labute approximate surface area is 77.1 Å². The summed E-state index contributed by atoms with van der Waals surface area (Å²) in [6, 6.07) is -1.16. The molecule has 0 aromatic heterocycles. The van der Waals surface area contributed by atoms with Gasteiger partial charge in [-0.2, -0.15) is 0 Å². The zero-order chi connectivity index (χ0) is 10.3. The number of hydrogen-bond donors (Lipinski definition) is 2. The zero-order valence-electron chi connectivity index (χ0n) is 6.80. The Hall–Kier alpha value is -1.66. The Morgan fingerprint density at radius 1 is 1.43 bits per heavy atom. The molecule has 76 valence electrons. The van der Waals surface area contributed by atoms with Crippen LogP contribution in [0.1, 0.15) is 0 Å². The van der Waals surface area contributed by atoms with Gasteiger partial charge in [0.2, 0.25) is 0 Å². The fraction of sp³-hybridized carbons (Fsp3) is 0.286. The SMILES string of the molecule is O=C1NC2=CC=CNC2N1C(F)(F)F. The minimum atomic E-state index is -4.68. The first-order valence-corrected chi connectivity index (χ1v) is 3.80. The predicted molar refractivity (Wildman–Crippen MR) is 40.6 cm³/mol. The van der Waals surface area contributed by atoms with Gasteiger partial charge in [0, 0.05) is 0 Å². The van der Waals surface area contributed by atoms with Gasteiger partial charge in [0.05, 0.1) is 5.70 Å². The van der Waals surface area contributed by atoms with E-state index in [-0.39, 0.29) is 10.6 Å². The van der Waals surface area contributed by atoms with Crippen molar-refractivity contribution in [1.82, 2.24) is 15.5 Å². The second-order valence-corrected chi connectivity index (χ2v) is 2.82. The molecule has 1 saturated heterocycles. The molecule has 0 radical (unpaired) electrons. The Morgan fingerprint density at radius 3 is 2.79 bits per heavy atom. The van der Waals surface area contributed by atoms with Gasteiger partial charge in [0.25, 0.3) is 0 Å². The van der Waals surface area contributed by atoms with Gasteiger partial charge in [-0.3, -0.25) is 0 Å². The van der Waals surface area contributed by atoms with Gasteiger partial charge < -0.3 is 10.6 Å². The highest BCUT2D eigenvalue weighted by molar-refractivity contribution is 5.81. The standard InChI is InChI=1S/C7H6F3N3O/c8-7(9,10)13-5-4(12-6(13)14)2-1-3-11-5/h1-3,5,11H,(H,12,14). The van der Waals surface area contributed by atoms with Crippen LogP contribution in [0.3, 0.4) is 0 Å². The summed E-state index contributed by atoms with van der Waals surface area (Å²) in [7, 11) is 0. The molecule has 2 aliphatic heterocycles. The molecule has 2 N–H and O–H groups in total. The van der Waals surface area contributed by atoms with E-state index < -0.39 is 18.5 Å². The van der Waals surface area contributed by atoms with Gasteiger partial charge in [-0.1, -0.05) is 0 Å². The number of dihydropyridines is 1. The van der Waals surface area contributed by atoms with E-state index in [1.54, 1.807) is 0 Å². The van der Waals surface area contributed by atoms with E-state index in [4.69, 9.17) is 0 Å². The summed E-state index contributed by atoms with van der Waals surface area (Å²) in [6.45, 7) is 0. The lowest BCUT2D eigenvalue weighted by Crippen LogP contribution is -2.50. The molecule has 2 rings (SSSR count). The number of amides is 2. The van der Waals surface area contributed by atoms with E-state index in [2.05, 4.69) is 10.6 Å². The largest absolute Gasteiger partial charge is 0.490 e. The van der Waals surface area contributed by atoms with Crippen molar-refractivity contribution in [3.8, 4) is 0 Å². The lowest BCUT2D eigenvalue weighted by atomic mass is 10.3. The molecule has 2 heterocycles. The maximum Gasteiger partial charge on any atom is 0.490 e. The first kappa shape index (κ1) is 8.92. The third-order valence-corrected chi connectivity index (χ3v) is 1.92. The molecule has 1 atom stereocenters. The monoisotopic (exact) mass is 205 g/mol. The molecule has 0 saturated carbocycles. The molecule has 0 spiro atoms. The molecule has 1 fully saturated rings. The fourth-order valence-corrected chi connectivity index (χ4v) is 1.37. The Kier molecular flexibility index (Phi) is 1.70. The van der Waals surface area contributed by atoms with Crippen LogP contribution in [0.25, 0.3) is 0 Å². The number of urea groups is 1. The molecule has 0 aromatic rings. The van der Waals surface area contributed by atoms with E-state index in [0.29, 0.717) is 0 Å². The van der Waals surface area contributed by atoms with Gasteiger partial charge in [-0.15, -0.1) is 13.2 Å². The Balaban J connectivity index is 2.32. The normalized spacial score (nSPS) is 25.4. The molecule has 2 amide bonds. The van der Waals surface area contributed by atoms with E-state index in [0.717, 1.165) is 0 Å². The number of nitrogens with one attached hydrogen (secondary N) is 2. The summed E-state index contributed by atoms with van der Waals surface area (Å²) in [5, 5.41) is 4.57. The molecule has 0 aromatic carbocycles. The lowest BCUT2D eigenvalue weighted by molar-refractivity contribution is -0.229. The van der Waals surface area contributed by atoms with Crippen LogP contribution in [0.2, 0.25) is 0 Å². The van der Waals surface area contributed by atoms with Crippen LogP contribution in [-0.2, 0) is 0 Å². The van der Waals surface area contributed by atoms with Gasteiger partial charge in [-0.05, 0) is 18.4 Å². The second-order valence-electron chi connectivity index (χ2n) is 2.82. The van der Waals surface area contributed by atoms with Crippen LogP contribution < -0.4 is 10.6 Å². The number of allylic oxidation sites excluding steroid dienone is 2. The van der Waals surface area contributed by atoms with Gasteiger partial charge >= 0.3 is 12.3 Å². The van der Waals surface area contributed by atoms with Crippen molar-refractivity contribution >= 4 is 6.03 Å². The molecule has 4 nitrogen and oxygen atoms in total. The molecular weight excluding hydrogens is 199 g/mol. The first-order chi connectivity index (χ1) is 6.50. The highest BCUT2D eigenvalue weighted by atomic mass is 19.4. The molecular formula is C7H6F3N3O. The number of carbonyl (C=O) groups excluding carboxylic acids is 1. The Bertz CT molecular complexity index is 334. The lowest BCUT2D eigenvalue weighted by Gasteiger charge is -2.26. The van der Waals surface area contributed by atoms with Gasteiger partial charge in [0.15, 0.2) is 6.17 Å². The van der Waals surface area contributed by atoms with Gasteiger partial charge in [0.1, 0.15) is 0 Å². The van der Waals surface area contributed by atoms with Gasteiger partial charge in [-0.25, -0.2) is 9.69 Å². The number of carbonyl (C=O) groups is 1. The zero-order valence-corrected chi connectivity index (χ0v) is 6.80. The topological polar surface area (TPSA) is 44.4 Å². The van der Waals surface area contributed by atoms with Crippen molar-refractivity contribution in [2.24, 2.45) is 0 Å². The molecule has 2 aliphatic rings. The van der Waals surface area contributed by atoms with Crippen LogP contribution in [-0.4, -0.2) is 23.4 Å².